The molecular formula is C17H27NO3. The van der Waals surface area contributed by atoms with E-state index in [2.05, 4.69) is 24.0 Å². The van der Waals surface area contributed by atoms with Gasteiger partial charge >= 0.3 is 5.97 Å². The summed E-state index contributed by atoms with van der Waals surface area (Å²) in [5.41, 5.74) is 1.22. The Labute approximate surface area is 127 Å². The number of ether oxygens (including phenoxy) is 1. The fourth-order valence-electron chi connectivity index (χ4n) is 2.10. The van der Waals surface area contributed by atoms with Gasteiger partial charge in [-0.15, -0.1) is 0 Å². The average Bonchev–Trinajstić information content (AvgIpc) is 2.49. The molecule has 0 aliphatic heterocycles. The van der Waals surface area contributed by atoms with Gasteiger partial charge in [-0.1, -0.05) is 43.7 Å². The number of benzene rings is 1. The fourth-order valence-corrected chi connectivity index (χ4v) is 2.10. The summed E-state index contributed by atoms with van der Waals surface area (Å²) < 4.78 is 5.56. The van der Waals surface area contributed by atoms with E-state index in [1.54, 1.807) is 0 Å². The number of rotatable bonds is 12. The Morgan fingerprint density at radius 1 is 1.14 bits per heavy atom. The Bertz CT molecular complexity index is 381. The van der Waals surface area contributed by atoms with Gasteiger partial charge in [0.05, 0.1) is 6.42 Å². The maximum absolute atomic E-state index is 10.8. The zero-order chi connectivity index (χ0) is 15.3. The second-order valence-electron chi connectivity index (χ2n) is 5.22. The van der Waals surface area contributed by atoms with Gasteiger partial charge in [0.2, 0.25) is 0 Å². The Hall–Kier alpha value is -1.39. The van der Waals surface area contributed by atoms with Crippen LogP contribution in [0.5, 0.6) is 0 Å². The molecule has 4 heteroatoms. The summed E-state index contributed by atoms with van der Waals surface area (Å²) in [6.07, 6.45) is 3.38. The highest BCUT2D eigenvalue weighted by molar-refractivity contribution is 5.66. The minimum atomic E-state index is -0.743. The van der Waals surface area contributed by atoms with Crippen molar-refractivity contribution in [1.82, 2.24) is 4.90 Å². The molecule has 0 aliphatic carbocycles. The molecule has 0 amide bonds. The summed E-state index contributed by atoms with van der Waals surface area (Å²) >= 11 is 0. The molecule has 0 aliphatic rings. The lowest BCUT2D eigenvalue weighted by Crippen LogP contribution is -2.28. The van der Waals surface area contributed by atoms with Crippen LogP contribution in [0.25, 0.3) is 0 Å². The molecule has 0 saturated carbocycles. The molecule has 118 valence electrons. The summed E-state index contributed by atoms with van der Waals surface area (Å²) in [6.45, 7) is 5.97. The monoisotopic (exact) mass is 293 g/mol. The molecule has 0 spiro atoms. The van der Waals surface area contributed by atoms with E-state index >= 15 is 0 Å². The molecule has 0 unspecified atom stereocenters. The van der Waals surface area contributed by atoms with Gasteiger partial charge in [0.25, 0.3) is 0 Å². The summed E-state index contributed by atoms with van der Waals surface area (Å²) in [6, 6.07) is 10.2. The van der Waals surface area contributed by atoms with Crippen LogP contribution in [-0.4, -0.2) is 42.3 Å². The normalized spacial score (nSPS) is 11.0. The summed E-state index contributed by atoms with van der Waals surface area (Å²) in [5, 5.41) is 8.85. The fraction of sp³-hybridized carbons (Fsp3) is 0.588. The second kappa shape index (κ2) is 11.3. The smallest absolute Gasteiger partial charge is 0.304 e. The molecule has 0 saturated heterocycles. The third-order valence-corrected chi connectivity index (χ3v) is 3.30. The van der Waals surface area contributed by atoms with Crippen LogP contribution >= 0.6 is 0 Å². The number of unbranched alkanes of at least 4 members (excludes halogenated alkanes) is 1. The molecule has 0 radical (unpaired) electrons. The number of hydrogen-bond acceptors (Lipinski definition) is 3. The van der Waals surface area contributed by atoms with Crippen molar-refractivity contribution in [2.24, 2.45) is 0 Å². The minimum absolute atomic E-state index is 0.184. The molecule has 4 nitrogen and oxygen atoms in total. The largest absolute Gasteiger partial charge is 0.481 e. The third-order valence-electron chi connectivity index (χ3n) is 3.30. The highest BCUT2D eigenvalue weighted by Crippen LogP contribution is 2.06. The minimum Gasteiger partial charge on any atom is -0.481 e. The predicted octanol–water partition coefficient (Wildman–Crippen LogP) is 3.17. The standard InChI is InChI=1S/C17H27NO3/c1-2-3-13-21-14-7-11-18(12-10-17(19)20)15-16-8-5-4-6-9-16/h4-6,8-9H,2-3,7,10-15H2,1H3,(H,19,20). The molecule has 1 aromatic rings. The first-order valence-corrected chi connectivity index (χ1v) is 7.78. The van der Waals surface area contributed by atoms with E-state index < -0.39 is 5.97 Å². The van der Waals surface area contributed by atoms with Crippen LogP contribution < -0.4 is 0 Å². The van der Waals surface area contributed by atoms with Crippen molar-refractivity contribution < 1.29 is 14.6 Å². The number of hydrogen-bond donors (Lipinski definition) is 1. The summed E-state index contributed by atoms with van der Waals surface area (Å²) in [7, 11) is 0. The zero-order valence-electron chi connectivity index (χ0n) is 13.0. The van der Waals surface area contributed by atoms with Crippen LogP contribution in [0.15, 0.2) is 30.3 Å². The van der Waals surface area contributed by atoms with Gasteiger partial charge in [0, 0.05) is 32.8 Å². The lowest BCUT2D eigenvalue weighted by atomic mass is 10.2. The van der Waals surface area contributed by atoms with Crippen LogP contribution in [-0.2, 0) is 16.1 Å². The number of carboxylic acids is 1. The molecule has 0 atom stereocenters. The topological polar surface area (TPSA) is 49.8 Å². The summed E-state index contributed by atoms with van der Waals surface area (Å²) in [4.78, 5) is 12.9. The van der Waals surface area contributed by atoms with E-state index in [-0.39, 0.29) is 6.42 Å². The van der Waals surface area contributed by atoms with Crippen LogP contribution in [0, 0.1) is 0 Å². The van der Waals surface area contributed by atoms with Gasteiger partial charge in [0.1, 0.15) is 0 Å². The van der Waals surface area contributed by atoms with Gasteiger partial charge in [-0.3, -0.25) is 9.69 Å². The van der Waals surface area contributed by atoms with Crippen molar-refractivity contribution in [2.75, 3.05) is 26.3 Å². The Morgan fingerprint density at radius 2 is 1.86 bits per heavy atom. The van der Waals surface area contributed by atoms with Crippen molar-refractivity contribution in [2.45, 2.75) is 39.2 Å². The maximum Gasteiger partial charge on any atom is 0.304 e. The Morgan fingerprint density at radius 3 is 2.52 bits per heavy atom. The molecule has 1 rings (SSSR count). The van der Waals surface area contributed by atoms with E-state index in [1.807, 2.05) is 18.2 Å². The first-order chi connectivity index (χ1) is 10.2. The lowest BCUT2D eigenvalue weighted by Gasteiger charge is -2.21. The first-order valence-electron chi connectivity index (χ1n) is 7.78. The maximum atomic E-state index is 10.8. The molecule has 0 aromatic heterocycles. The molecule has 0 bridgehead atoms. The van der Waals surface area contributed by atoms with Gasteiger partial charge < -0.3 is 9.84 Å². The van der Waals surface area contributed by atoms with E-state index in [9.17, 15) is 4.79 Å². The van der Waals surface area contributed by atoms with Crippen LogP contribution in [0.3, 0.4) is 0 Å². The predicted molar refractivity (Wildman–Crippen MR) is 84.3 cm³/mol. The van der Waals surface area contributed by atoms with Crippen molar-refractivity contribution in [3.8, 4) is 0 Å². The Balaban J connectivity index is 2.32. The molecule has 0 heterocycles. The van der Waals surface area contributed by atoms with Gasteiger partial charge in [-0.2, -0.15) is 0 Å². The van der Waals surface area contributed by atoms with Crippen molar-refractivity contribution in [3.63, 3.8) is 0 Å². The van der Waals surface area contributed by atoms with Crippen molar-refractivity contribution >= 4 is 5.97 Å². The molecule has 1 N–H and O–H groups in total. The van der Waals surface area contributed by atoms with Crippen molar-refractivity contribution in [3.05, 3.63) is 35.9 Å². The second-order valence-corrected chi connectivity index (χ2v) is 5.22. The van der Waals surface area contributed by atoms with Gasteiger partial charge in [-0.05, 0) is 18.4 Å². The molecule has 0 fully saturated rings. The zero-order valence-corrected chi connectivity index (χ0v) is 13.0. The lowest BCUT2D eigenvalue weighted by molar-refractivity contribution is -0.137. The van der Waals surface area contributed by atoms with E-state index in [0.29, 0.717) is 6.54 Å². The van der Waals surface area contributed by atoms with Crippen LogP contribution in [0.4, 0.5) is 0 Å². The van der Waals surface area contributed by atoms with Gasteiger partial charge in [0.15, 0.2) is 0 Å². The highest BCUT2D eigenvalue weighted by atomic mass is 16.5. The Kier molecular flexibility index (Phi) is 9.49. The quantitative estimate of drug-likeness (QED) is 0.601. The van der Waals surface area contributed by atoms with E-state index in [4.69, 9.17) is 9.84 Å². The first kappa shape index (κ1) is 17.7. The van der Waals surface area contributed by atoms with Crippen molar-refractivity contribution in [1.29, 1.82) is 0 Å². The molecule has 1 aromatic carbocycles. The average molecular weight is 293 g/mol. The number of carbonyl (C=O) groups is 1. The molecule has 21 heavy (non-hydrogen) atoms. The SMILES string of the molecule is CCCCOCCCN(CCC(=O)O)Cc1ccccc1. The molecular weight excluding hydrogens is 266 g/mol. The number of carboxylic acid groups (broad SMARTS) is 1. The van der Waals surface area contributed by atoms with Crippen LogP contribution in [0.1, 0.15) is 38.2 Å². The van der Waals surface area contributed by atoms with E-state index in [1.165, 1.54) is 5.56 Å². The van der Waals surface area contributed by atoms with Crippen LogP contribution in [0.2, 0.25) is 0 Å². The number of aliphatic carboxylic acids is 1. The van der Waals surface area contributed by atoms with Gasteiger partial charge in [-0.25, -0.2) is 0 Å². The highest BCUT2D eigenvalue weighted by Gasteiger charge is 2.08. The number of nitrogens with zero attached hydrogens (tertiary/aromatic N) is 1. The summed E-state index contributed by atoms with van der Waals surface area (Å²) in [5.74, 6) is -0.743. The third kappa shape index (κ3) is 9.21. The van der Waals surface area contributed by atoms with E-state index in [0.717, 1.165) is 45.6 Å².